The molecule has 9 heteroatoms. The van der Waals surface area contributed by atoms with Gasteiger partial charge in [0.15, 0.2) is 5.00 Å². The Hall–Kier alpha value is -2.31. The number of halogens is 4. The number of thioether (sulfide) groups is 1. The van der Waals surface area contributed by atoms with Crippen LogP contribution >= 0.6 is 11.8 Å². The number of hydrogen-bond donors (Lipinski definition) is 2. The lowest BCUT2D eigenvalue weighted by Crippen LogP contribution is -2.43. The fourth-order valence-corrected chi connectivity index (χ4v) is 3.27. The summed E-state index contributed by atoms with van der Waals surface area (Å²) in [6, 6.07) is 4.10. The van der Waals surface area contributed by atoms with E-state index in [1.807, 2.05) is 0 Å². The van der Waals surface area contributed by atoms with Gasteiger partial charge in [0.2, 0.25) is 0 Å². The molecule has 2 rings (SSSR count). The van der Waals surface area contributed by atoms with Crippen LogP contribution < -0.4 is 5.32 Å². The minimum absolute atomic E-state index is 0.0798. The molecule has 0 saturated carbocycles. The van der Waals surface area contributed by atoms with Crippen LogP contribution in [-0.2, 0) is 11.0 Å². The normalized spacial score (nSPS) is 21.4. The van der Waals surface area contributed by atoms with Crippen molar-refractivity contribution in [2.45, 2.75) is 30.1 Å². The zero-order chi connectivity index (χ0) is 20.3. The molecule has 1 aliphatic carbocycles. The lowest BCUT2D eigenvalue weighted by atomic mass is 10.1. The zero-order valence-corrected chi connectivity index (χ0v) is 15.0. The first-order valence-corrected chi connectivity index (χ1v) is 8.78. The summed E-state index contributed by atoms with van der Waals surface area (Å²) in [5.41, 5.74) is -4.03. The van der Waals surface area contributed by atoms with Crippen molar-refractivity contribution in [2.75, 3.05) is 11.1 Å². The average Bonchev–Trinajstić information content (AvgIpc) is 2.60. The van der Waals surface area contributed by atoms with E-state index in [9.17, 15) is 27.5 Å². The number of nitrogens with one attached hydrogen (secondary N) is 1. The number of nitriles is 1. The molecule has 2 N–H and O–H groups in total. The maximum atomic E-state index is 14.5. The lowest BCUT2D eigenvalue weighted by Gasteiger charge is -2.27. The van der Waals surface area contributed by atoms with Crippen LogP contribution in [0.4, 0.5) is 23.2 Å². The number of nitrogens with zero attached hydrogens (tertiary/aromatic N) is 1. The van der Waals surface area contributed by atoms with Crippen LogP contribution in [0.15, 0.2) is 42.5 Å². The van der Waals surface area contributed by atoms with Gasteiger partial charge in [0.05, 0.1) is 17.2 Å². The van der Waals surface area contributed by atoms with Gasteiger partial charge in [-0.25, -0.2) is 4.39 Å². The van der Waals surface area contributed by atoms with Gasteiger partial charge in [0.25, 0.3) is 5.91 Å². The Balaban J connectivity index is 2.10. The number of carbonyl (C=O) groups excluding carboxylic acids is 1. The molecule has 0 aromatic heterocycles. The van der Waals surface area contributed by atoms with Crippen LogP contribution in [0.2, 0.25) is 0 Å². The standard InChI is InChI=1S/C18H16F4N2O2S/c1-16(26,11-27-17(19)7-3-2-4-8-17)15(25)24-13-6-5-12(10-23)14(9-13)18(20,21)22/h2-7,9,26H,8,11H2,1H3,(H,24,25). The predicted octanol–water partition coefficient (Wildman–Crippen LogP) is 4.18. The molecule has 2 atom stereocenters. The highest BCUT2D eigenvalue weighted by molar-refractivity contribution is 8.00. The van der Waals surface area contributed by atoms with Crippen molar-refractivity contribution in [1.82, 2.24) is 0 Å². The number of benzene rings is 1. The van der Waals surface area contributed by atoms with E-state index < -0.39 is 33.8 Å². The highest BCUT2D eigenvalue weighted by Crippen LogP contribution is 2.37. The Bertz CT molecular complexity index is 828. The van der Waals surface area contributed by atoms with E-state index in [0.29, 0.717) is 6.07 Å². The van der Waals surface area contributed by atoms with Crippen molar-refractivity contribution >= 4 is 23.4 Å². The van der Waals surface area contributed by atoms with Crippen molar-refractivity contribution < 1.29 is 27.5 Å². The van der Waals surface area contributed by atoms with Gasteiger partial charge >= 0.3 is 6.18 Å². The maximum Gasteiger partial charge on any atom is 0.417 e. The molecule has 0 radical (unpaired) electrons. The summed E-state index contributed by atoms with van der Waals surface area (Å²) in [7, 11) is 0. The summed E-state index contributed by atoms with van der Waals surface area (Å²) in [5.74, 6) is -1.29. The zero-order valence-electron chi connectivity index (χ0n) is 14.2. The number of aliphatic hydroxyl groups is 1. The number of allylic oxidation sites excluding steroid dienone is 3. The van der Waals surface area contributed by atoms with Crippen LogP contribution in [0.25, 0.3) is 0 Å². The topological polar surface area (TPSA) is 73.1 Å². The van der Waals surface area contributed by atoms with Gasteiger partial charge in [-0.1, -0.05) is 18.2 Å². The molecule has 144 valence electrons. The van der Waals surface area contributed by atoms with E-state index in [1.54, 1.807) is 12.2 Å². The maximum absolute atomic E-state index is 14.5. The third-order valence-electron chi connectivity index (χ3n) is 3.77. The molecule has 1 aliphatic rings. The number of rotatable bonds is 5. The predicted molar refractivity (Wildman–Crippen MR) is 94.6 cm³/mol. The summed E-state index contributed by atoms with van der Waals surface area (Å²) in [4.78, 5) is 12.3. The average molecular weight is 400 g/mol. The van der Waals surface area contributed by atoms with Crippen molar-refractivity contribution in [3.63, 3.8) is 0 Å². The molecule has 1 aromatic carbocycles. The highest BCUT2D eigenvalue weighted by atomic mass is 32.2. The first-order valence-electron chi connectivity index (χ1n) is 7.79. The smallest absolute Gasteiger partial charge is 0.379 e. The minimum atomic E-state index is -4.77. The summed E-state index contributed by atoms with van der Waals surface area (Å²) in [6.07, 6.45) is 1.41. The van der Waals surface area contributed by atoms with Crippen molar-refractivity contribution in [3.8, 4) is 6.07 Å². The molecular weight excluding hydrogens is 384 g/mol. The van der Waals surface area contributed by atoms with Crippen LogP contribution in [0, 0.1) is 11.3 Å². The number of alkyl halides is 4. The molecule has 0 saturated heterocycles. The Kier molecular flexibility index (Phi) is 6.02. The molecule has 2 unspecified atom stereocenters. The number of carbonyl (C=O) groups is 1. The molecule has 0 spiro atoms. The molecule has 0 fully saturated rings. The second kappa shape index (κ2) is 7.74. The van der Waals surface area contributed by atoms with Gasteiger partial charge in [0, 0.05) is 17.9 Å². The Morgan fingerprint density at radius 2 is 2.11 bits per heavy atom. The van der Waals surface area contributed by atoms with E-state index in [2.05, 4.69) is 5.32 Å². The van der Waals surface area contributed by atoms with Crippen LogP contribution in [0.1, 0.15) is 24.5 Å². The van der Waals surface area contributed by atoms with Gasteiger partial charge in [-0.15, -0.1) is 11.8 Å². The third-order valence-corrected chi connectivity index (χ3v) is 5.26. The largest absolute Gasteiger partial charge is 0.417 e. The quantitative estimate of drug-likeness (QED) is 0.728. The monoisotopic (exact) mass is 400 g/mol. The Labute approximate surface area is 157 Å². The Morgan fingerprint density at radius 3 is 2.67 bits per heavy atom. The summed E-state index contributed by atoms with van der Waals surface area (Å²) >= 11 is 0.720. The molecule has 0 bridgehead atoms. The minimum Gasteiger partial charge on any atom is -0.379 e. The number of amides is 1. The summed E-state index contributed by atoms with van der Waals surface area (Å²) in [5, 5.41) is 19.5. The van der Waals surface area contributed by atoms with Crippen molar-refractivity contribution in [1.29, 1.82) is 5.26 Å². The number of hydrogen-bond acceptors (Lipinski definition) is 4. The van der Waals surface area contributed by atoms with E-state index in [4.69, 9.17) is 5.26 Å². The summed E-state index contributed by atoms with van der Waals surface area (Å²) < 4.78 is 53.4. The van der Waals surface area contributed by atoms with Gasteiger partial charge in [-0.05, 0) is 31.2 Å². The molecular formula is C18H16F4N2O2S. The SMILES string of the molecule is CC(O)(CSC1(F)C=CC=CC1)C(=O)Nc1ccc(C#N)c(C(F)(F)F)c1. The van der Waals surface area contributed by atoms with Crippen LogP contribution in [0.5, 0.6) is 0 Å². The van der Waals surface area contributed by atoms with E-state index in [1.165, 1.54) is 18.2 Å². The third kappa shape index (κ3) is 5.34. The highest BCUT2D eigenvalue weighted by Gasteiger charge is 2.37. The fourth-order valence-electron chi connectivity index (χ4n) is 2.23. The lowest BCUT2D eigenvalue weighted by molar-refractivity contribution is -0.137. The van der Waals surface area contributed by atoms with Crippen molar-refractivity contribution in [3.05, 3.63) is 53.6 Å². The van der Waals surface area contributed by atoms with Gasteiger partial charge in [-0.2, -0.15) is 18.4 Å². The number of anilines is 1. The van der Waals surface area contributed by atoms with Gasteiger partial charge < -0.3 is 10.4 Å². The Morgan fingerprint density at radius 1 is 1.41 bits per heavy atom. The molecule has 4 nitrogen and oxygen atoms in total. The molecule has 0 heterocycles. The molecule has 1 aromatic rings. The van der Waals surface area contributed by atoms with Crippen LogP contribution in [-0.4, -0.2) is 27.4 Å². The molecule has 0 aliphatic heterocycles. The summed E-state index contributed by atoms with van der Waals surface area (Å²) in [6.45, 7) is 1.15. The van der Waals surface area contributed by atoms with Crippen molar-refractivity contribution in [2.24, 2.45) is 0 Å². The second-order valence-electron chi connectivity index (χ2n) is 6.16. The first-order chi connectivity index (χ1) is 12.5. The van der Waals surface area contributed by atoms with Gasteiger partial charge in [0.1, 0.15) is 5.60 Å². The van der Waals surface area contributed by atoms with Gasteiger partial charge in [-0.3, -0.25) is 4.79 Å². The second-order valence-corrected chi connectivity index (χ2v) is 7.42. The van der Waals surface area contributed by atoms with E-state index in [0.717, 1.165) is 30.8 Å². The first kappa shape index (κ1) is 21.0. The van der Waals surface area contributed by atoms with Crippen LogP contribution in [0.3, 0.4) is 0 Å². The van der Waals surface area contributed by atoms with E-state index in [-0.39, 0.29) is 17.9 Å². The molecule has 27 heavy (non-hydrogen) atoms. The fraction of sp³-hybridized carbons (Fsp3) is 0.333. The molecule has 1 amide bonds. The van der Waals surface area contributed by atoms with E-state index >= 15 is 0 Å².